The fourth-order valence-corrected chi connectivity index (χ4v) is 1.92. The number of imidazole rings is 1. The lowest BCUT2D eigenvalue weighted by atomic mass is 10.2. The van der Waals surface area contributed by atoms with E-state index in [-0.39, 0.29) is 0 Å². The molecule has 0 unspecified atom stereocenters. The zero-order chi connectivity index (χ0) is 13.7. The molecule has 1 heterocycles. The monoisotopic (exact) mass is 259 g/mol. The van der Waals surface area contributed by atoms with Crippen LogP contribution in [0.1, 0.15) is 25.2 Å². The van der Waals surface area contributed by atoms with Crippen LogP contribution in [0.5, 0.6) is 5.75 Å². The number of hydrogen-bond donors (Lipinski definition) is 2. The van der Waals surface area contributed by atoms with E-state index in [1.165, 1.54) is 0 Å². The Morgan fingerprint density at radius 3 is 2.68 bits per heavy atom. The van der Waals surface area contributed by atoms with Crippen LogP contribution in [0, 0.1) is 5.92 Å². The van der Waals surface area contributed by atoms with Crippen LogP contribution in [0.15, 0.2) is 36.7 Å². The van der Waals surface area contributed by atoms with Crippen molar-refractivity contribution in [1.29, 1.82) is 0 Å². The number of aromatic nitrogens is 2. The van der Waals surface area contributed by atoms with Crippen molar-refractivity contribution >= 4 is 0 Å². The third-order valence-electron chi connectivity index (χ3n) is 2.93. The number of phenolic OH excluding ortho intramolecular Hbond substituents is 1. The molecule has 0 aliphatic rings. The van der Waals surface area contributed by atoms with Gasteiger partial charge in [0.25, 0.3) is 0 Å². The first-order valence-electron chi connectivity index (χ1n) is 6.64. The van der Waals surface area contributed by atoms with E-state index in [0.29, 0.717) is 11.7 Å². The highest BCUT2D eigenvalue weighted by molar-refractivity contribution is 5.26. The van der Waals surface area contributed by atoms with Gasteiger partial charge in [-0.3, -0.25) is 0 Å². The van der Waals surface area contributed by atoms with Crippen LogP contribution in [0.4, 0.5) is 0 Å². The van der Waals surface area contributed by atoms with E-state index in [0.717, 1.165) is 31.0 Å². The Balaban J connectivity index is 1.97. The van der Waals surface area contributed by atoms with Gasteiger partial charge in [0, 0.05) is 18.9 Å². The number of hydrogen-bond acceptors (Lipinski definition) is 3. The summed E-state index contributed by atoms with van der Waals surface area (Å²) in [5.41, 5.74) is 1.15. The summed E-state index contributed by atoms with van der Waals surface area (Å²) in [6.07, 6.45) is 3.81. The molecule has 102 valence electrons. The summed E-state index contributed by atoms with van der Waals surface area (Å²) in [5.74, 6) is 1.97. The molecule has 0 atom stereocenters. The largest absolute Gasteiger partial charge is 0.508 e. The summed E-state index contributed by atoms with van der Waals surface area (Å²) in [4.78, 5) is 4.38. The number of nitrogens with one attached hydrogen (secondary N) is 1. The number of phenols is 1. The smallest absolute Gasteiger partial charge is 0.122 e. The molecule has 0 bridgehead atoms. The second kappa shape index (κ2) is 6.38. The Morgan fingerprint density at radius 2 is 2.00 bits per heavy atom. The predicted molar refractivity (Wildman–Crippen MR) is 76.0 cm³/mol. The minimum atomic E-state index is 0.299. The lowest BCUT2D eigenvalue weighted by Crippen LogP contribution is -2.21. The van der Waals surface area contributed by atoms with Crippen LogP contribution in [0.3, 0.4) is 0 Å². The van der Waals surface area contributed by atoms with Gasteiger partial charge in [-0.15, -0.1) is 0 Å². The van der Waals surface area contributed by atoms with E-state index < -0.39 is 0 Å². The first kappa shape index (κ1) is 13.6. The SMILES string of the molecule is CC(C)CNCc1nccn1Cc1ccc(O)cc1. The molecule has 2 aromatic rings. The fourth-order valence-electron chi connectivity index (χ4n) is 1.92. The highest BCUT2D eigenvalue weighted by Gasteiger charge is 2.04. The molecule has 0 saturated heterocycles. The minimum Gasteiger partial charge on any atom is -0.508 e. The Morgan fingerprint density at radius 1 is 1.26 bits per heavy atom. The summed E-state index contributed by atoms with van der Waals surface area (Å²) in [7, 11) is 0. The molecule has 4 nitrogen and oxygen atoms in total. The van der Waals surface area contributed by atoms with Crippen LogP contribution in [-0.2, 0) is 13.1 Å². The average Bonchev–Trinajstić information content (AvgIpc) is 2.79. The second-order valence-corrected chi connectivity index (χ2v) is 5.16. The molecule has 0 aliphatic heterocycles. The predicted octanol–water partition coefficient (Wildman–Crippen LogP) is 2.38. The first-order valence-corrected chi connectivity index (χ1v) is 6.64. The van der Waals surface area contributed by atoms with Crippen LogP contribution in [-0.4, -0.2) is 21.2 Å². The molecule has 0 amide bonds. The van der Waals surface area contributed by atoms with Gasteiger partial charge in [0.05, 0.1) is 6.54 Å². The van der Waals surface area contributed by atoms with Crippen molar-refractivity contribution in [3.8, 4) is 5.75 Å². The molecule has 2 rings (SSSR count). The summed E-state index contributed by atoms with van der Waals surface area (Å²) < 4.78 is 2.12. The Kier molecular flexibility index (Phi) is 4.58. The molecule has 2 N–H and O–H groups in total. The van der Waals surface area contributed by atoms with E-state index in [2.05, 4.69) is 28.7 Å². The topological polar surface area (TPSA) is 50.1 Å². The first-order chi connectivity index (χ1) is 9.15. The summed E-state index contributed by atoms with van der Waals surface area (Å²) in [5, 5.41) is 12.7. The average molecular weight is 259 g/mol. The van der Waals surface area contributed by atoms with Gasteiger partial charge in [0.15, 0.2) is 0 Å². The van der Waals surface area contributed by atoms with E-state index in [1.54, 1.807) is 12.1 Å². The van der Waals surface area contributed by atoms with Crippen molar-refractivity contribution in [1.82, 2.24) is 14.9 Å². The van der Waals surface area contributed by atoms with Crippen molar-refractivity contribution in [2.75, 3.05) is 6.54 Å². The number of nitrogens with zero attached hydrogens (tertiary/aromatic N) is 2. The second-order valence-electron chi connectivity index (χ2n) is 5.16. The lowest BCUT2D eigenvalue weighted by molar-refractivity contribution is 0.475. The maximum Gasteiger partial charge on any atom is 0.122 e. The zero-order valence-electron chi connectivity index (χ0n) is 11.5. The number of rotatable bonds is 6. The molecule has 4 heteroatoms. The van der Waals surface area contributed by atoms with Gasteiger partial charge in [-0.25, -0.2) is 4.98 Å². The van der Waals surface area contributed by atoms with Crippen molar-refractivity contribution in [3.05, 3.63) is 48.0 Å². The van der Waals surface area contributed by atoms with Crippen molar-refractivity contribution in [2.45, 2.75) is 26.9 Å². The molecule has 0 aliphatic carbocycles. The molecular formula is C15H21N3O. The van der Waals surface area contributed by atoms with Gasteiger partial charge in [0.2, 0.25) is 0 Å². The zero-order valence-corrected chi connectivity index (χ0v) is 11.5. The summed E-state index contributed by atoms with van der Waals surface area (Å²) in [6, 6.07) is 7.28. The van der Waals surface area contributed by atoms with Crippen LogP contribution >= 0.6 is 0 Å². The highest BCUT2D eigenvalue weighted by atomic mass is 16.3. The normalized spacial score (nSPS) is 11.1. The van der Waals surface area contributed by atoms with Gasteiger partial charge < -0.3 is 15.0 Å². The van der Waals surface area contributed by atoms with E-state index in [9.17, 15) is 5.11 Å². The molecule has 0 radical (unpaired) electrons. The fraction of sp³-hybridized carbons (Fsp3) is 0.400. The van der Waals surface area contributed by atoms with E-state index >= 15 is 0 Å². The standard InChI is InChI=1S/C15H21N3O/c1-12(2)9-16-10-15-17-7-8-18(15)11-13-3-5-14(19)6-4-13/h3-8,12,16,19H,9-11H2,1-2H3. The van der Waals surface area contributed by atoms with Gasteiger partial charge in [0.1, 0.15) is 11.6 Å². The van der Waals surface area contributed by atoms with Gasteiger partial charge in [-0.05, 0) is 30.2 Å². The van der Waals surface area contributed by atoms with Crippen LogP contribution < -0.4 is 5.32 Å². The van der Waals surface area contributed by atoms with Gasteiger partial charge >= 0.3 is 0 Å². The molecule has 0 fully saturated rings. The van der Waals surface area contributed by atoms with Crippen molar-refractivity contribution in [3.63, 3.8) is 0 Å². The maximum atomic E-state index is 9.28. The lowest BCUT2D eigenvalue weighted by Gasteiger charge is -2.10. The van der Waals surface area contributed by atoms with Gasteiger partial charge in [-0.2, -0.15) is 0 Å². The Bertz CT molecular complexity index is 502. The maximum absolute atomic E-state index is 9.28. The Labute approximate surface area is 114 Å². The van der Waals surface area contributed by atoms with E-state index in [1.807, 2.05) is 24.5 Å². The molecule has 1 aromatic carbocycles. The molecule has 19 heavy (non-hydrogen) atoms. The van der Waals surface area contributed by atoms with Crippen LogP contribution in [0.2, 0.25) is 0 Å². The van der Waals surface area contributed by atoms with Crippen molar-refractivity contribution < 1.29 is 5.11 Å². The van der Waals surface area contributed by atoms with Crippen molar-refractivity contribution in [2.24, 2.45) is 5.92 Å². The third kappa shape index (κ3) is 4.10. The van der Waals surface area contributed by atoms with Crippen LogP contribution in [0.25, 0.3) is 0 Å². The van der Waals surface area contributed by atoms with Gasteiger partial charge in [-0.1, -0.05) is 26.0 Å². The minimum absolute atomic E-state index is 0.299. The summed E-state index contributed by atoms with van der Waals surface area (Å²) >= 11 is 0. The molecule has 0 saturated carbocycles. The quantitative estimate of drug-likeness (QED) is 0.837. The Hall–Kier alpha value is -1.81. The molecular weight excluding hydrogens is 238 g/mol. The number of aromatic hydroxyl groups is 1. The number of benzene rings is 1. The molecule has 1 aromatic heterocycles. The molecule has 0 spiro atoms. The van der Waals surface area contributed by atoms with E-state index in [4.69, 9.17) is 0 Å². The highest BCUT2D eigenvalue weighted by Crippen LogP contribution is 2.11. The third-order valence-corrected chi connectivity index (χ3v) is 2.93. The summed E-state index contributed by atoms with van der Waals surface area (Å²) in [6.45, 7) is 6.93.